The lowest BCUT2D eigenvalue weighted by Gasteiger charge is -2.09. The normalized spacial score (nSPS) is 11.4. The number of alkyl halides is 3. The van der Waals surface area contributed by atoms with Crippen molar-refractivity contribution in [2.75, 3.05) is 11.5 Å². The minimum Gasteiger partial charge on any atom is -0.397 e. The molecule has 1 rings (SSSR count). The van der Waals surface area contributed by atoms with Crippen molar-refractivity contribution < 1.29 is 17.9 Å². The van der Waals surface area contributed by atoms with Crippen LogP contribution in [0.5, 0.6) is 5.88 Å². The van der Waals surface area contributed by atoms with Gasteiger partial charge in [-0.05, 0) is 0 Å². The van der Waals surface area contributed by atoms with Gasteiger partial charge in [0.1, 0.15) is 0 Å². The van der Waals surface area contributed by atoms with Crippen molar-refractivity contribution in [3.05, 3.63) is 11.2 Å². The maximum atomic E-state index is 11.7. The van der Waals surface area contributed by atoms with Gasteiger partial charge < -0.3 is 16.2 Å². The Hall–Kier alpha value is -1.37. The molecule has 4 N–H and O–H groups in total. The number of halogens is 4. The van der Waals surface area contributed by atoms with E-state index in [2.05, 4.69) is 9.72 Å². The highest BCUT2D eigenvalue weighted by molar-refractivity contribution is 6.32. The Bertz CT molecular complexity index is 332. The van der Waals surface area contributed by atoms with Crippen LogP contribution >= 0.6 is 11.6 Å². The van der Waals surface area contributed by atoms with Gasteiger partial charge >= 0.3 is 6.36 Å². The topological polar surface area (TPSA) is 74.2 Å². The molecular weight excluding hydrogens is 223 g/mol. The summed E-state index contributed by atoms with van der Waals surface area (Å²) in [5, 5.41) is -0.329. The quantitative estimate of drug-likeness (QED) is 0.718. The zero-order valence-electron chi connectivity index (χ0n) is 6.60. The van der Waals surface area contributed by atoms with E-state index >= 15 is 0 Å². The summed E-state index contributed by atoms with van der Waals surface area (Å²) in [6, 6.07) is 0.842. The summed E-state index contributed by atoms with van der Waals surface area (Å²) in [5.41, 5.74) is 10.3. The van der Waals surface area contributed by atoms with E-state index in [0.29, 0.717) is 0 Å². The number of anilines is 2. The van der Waals surface area contributed by atoms with Crippen LogP contribution in [0.15, 0.2) is 6.07 Å². The Balaban J connectivity index is 3.02. The maximum absolute atomic E-state index is 11.7. The lowest BCUT2D eigenvalue weighted by Crippen LogP contribution is -2.18. The summed E-state index contributed by atoms with van der Waals surface area (Å²) in [7, 11) is 0. The smallest absolute Gasteiger partial charge is 0.397 e. The zero-order valence-corrected chi connectivity index (χ0v) is 7.36. The van der Waals surface area contributed by atoms with Crippen molar-refractivity contribution in [1.29, 1.82) is 0 Å². The molecule has 0 aliphatic heterocycles. The molecule has 1 aromatic rings. The van der Waals surface area contributed by atoms with Crippen molar-refractivity contribution in [2.45, 2.75) is 6.36 Å². The fourth-order valence-electron chi connectivity index (χ4n) is 0.690. The summed E-state index contributed by atoms with van der Waals surface area (Å²) < 4.78 is 38.7. The number of nitrogens with two attached hydrogens (primary N) is 2. The van der Waals surface area contributed by atoms with E-state index in [1.165, 1.54) is 0 Å². The lowest BCUT2D eigenvalue weighted by molar-refractivity contribution is -0.276. The summed E-state index contributed by atoms with van der Waals surface area (Å²) in [5.74, 6) is -0.741. The third-order valence-corrected chi connectivity index (χ3v) is 1.53. The molecule has 8 heteroatoms. The third kappa shape index (κ3) is 2.56. The first kappa shape index (κ1) is 10.7. The first-order chi connectivity index (χ1) is 6.29. The third-order valence-electron chi connectivity index (χ3n) is 1.24. The van der Waals surface area contributed by atoms with Gasteiger partial charge in [-0.2, -0.15) is 4.98 Å². The van der Waals surface area contributed by atoms with Crippen molar-refractivity contribution in [1.82, 2.24) is 4.98 Å². The minimum absolute atomic E-state index is 0.0822. The molecule has 1 aromatic heterocycles. The molecule has 0 fully saturated rings. The minimum atomic E-state index is -4.83. The van der Waals surface area contributed by atoms with E-state index in [1.807, 2.05) is 0 Å². The van der Waals surface area contributed by atoms with Crippen LogP contribution in [0.3, 0.4) is 0 Å². The van der Waals surface area contributed by atoms with E-state index in [-0.39, 0.29) is 16.5 Å². The second-order valence-electron chi connectivity index (χ2n) is 2.30. The lowest BCUT2D eigenvalue weighted by atomic mass is 10.3. The average molecular weight is 228 g/mol. The number of pyridine rings is 1. The molecule has 1 heterocycles. The van der Waals surface area contributed by atoms with Crippen LogP contribution in [-0.2, 0) is 0 Å². The molecule has 0 spiro atoms. The van der Waals surface area contributed by atoms with Crippen molar-refractivity contribution in [2.24, 2.45) is 0 Å². The highest BCUT2D eigenvalue weighted by Crippen LogP contribution is 2.29. The van der Waals surface area contributed by atoms with Gasteiger partial charge in [-0.1, -0.05) is 11.6 Å². The molecule has 14 heavy (non-hydrogen) atoms. The van der Waals surface area contributed by atoms with E-state index < -0.39 is 12.2 Å². The van der Waals surface area contributed by atoms with Gasteiger partial charge in [0, 0.05) is 6.07 Å². The molecule has 0 aliphatic carbocycles. The monoisotopic (exact) mass is 227 g/mol. The second kappa shape index (κ2) is 3.41. The van der Waals surface area contributed by atoms with Gasteiger partial charge in [-0.25, -0.2) is 0 Å². The standard InChI is InChI=1S/C6H5ClF3N3O/c7-5-4(12)2(11)1-3(13-5)14-6(8,9)10/h1H,12H2,(H2,11,13). The molecule has 0 saturated heterocycles. The van der Waals surface area contributed by atoms with E-state index in [0.717, 1.165) is 6.07 Å². The van der Waals surface area contributed by atoms with E-state index in [1.54, 1.807) is 0 Å². The van der Waals surface area contributed by atoms with Gasteiger partial charge in [-0.15, -0.1) is 13.2 Å². The Labute approximate surface area is 81.6 Å². The summed E-state index contributed by atoms with van der Waals surface area (Å²) in [6.07, 6.45) is -4.83. The van der Waals surface area contributed by atoms with Gasteiger partial charge in [0.15, 0.2) is 5.15 Å². The fourth-order valence-corrected chi connectivity index (χ4v) is 0.882. The number of nitrogen functional groups attached to an aromatic ring is 2. The molecule has 0 aromatic carbocycles. The number of hydrogen-bond acceptors (Lipinski definition) is 4. The van der Waals surface area contributed by atoms with Gasteiger partial charge in [0.2, 0.25) is 5.88 Å². The number of rotatable bonds is 1. The summed E-state index contributed by atoms with van der Waals surface area (Å²) in [4.78, 5) is 3.24. The fraction of sp³-hybridized carbons (Fsp3) is 0.167. The van der Waals surface area contributed by atoms with E-state index in [9.17, 15) is 13.2 Å². The van der Waals surface area contributed by atoms with Crippen LogP contribution in [-0.4, -0.2) is 11.3 Å². The molecule has 0 aliphatic rings. The predicted molar refractivity (Wildman–Crippen MR) is 44.8 cm³/mol. The molecule has 78 valence electrons. The SMILES string of the molecule is Nc1cc(OC(F)(F)F)nc(Cl)c1N. The molecular formula is C6H5ClF3N3O. The number of aromatic nitrogens is 1. The Morgan fingerprint density at radius 2 is 1.93 bits per heavy atom. The second-order valence-corrected chi connectivity index (χ2v) is 2.66. The van der Waals surface area contributed by atoms with Crippen molar-refractivity contribution in [3.63, 3.8) is 0 Å². The summed E-state index contributed by atoms with van der Waals surface area (Å²) >= 11 is 5.38. The maximum Gasteiger partial charge on any atom is 0.574 e. The Kier molecular flexibility index (Phi) is 2.61. The largest absolute Gasteiger partial charge is 0.574 e. The molecule has 0 radical (unpaired) electrons. The molecule has 0 atom stereocenters. The van der Waals surface area contributed by atoms with Gasteiger partial charge in [0.25, 0.3) is 0 Å². The number of hydrogen-bond donors (Lipinski definition) is 2. The van der Waals surface area contributed by atoms with Crippen LogP contribution < -0.4 is 16.2 Å². The highest BCUT2D eigenvalue weighted by Gasteiger charge is 2.32. The number of ether oxygens (including phenoxy) is 1. The van der Waals surface area contributed by atoms with E-state index in [4.69, 9.17) is 23.1 Å². The first-order valence-electron chi connectivity index (χ1n) is 3.27. The van der Waals surface area contributed by atoms with Crippen LogP contribution in [0, 0.1) is 0 Å². The summed E-state index contributed by atoms with van der Waals surface area (Å²) in [6.45, 7) is 0. The van der Waals surface area contributed by atoms with Crippen LogP contribution in [0.4, 0.5) is 24.5 Å². The Morgan fingerprint density at radius 3 is 2.36 bits per heavy atom. The predicted octanol–water partition coefficient (Wildman–Crippen LogP) is 1.80. The highest BCUT2D eigenvalue weighted by atomic mass is 35.5. The Morgan fingerprint density at radius 1 is 1.36 bits per heavy atom. The van der Waals surface area contributed by atoms with Crippen molar-refractivity contribution in [3.8, 4) is 5.88 Å². The zero-order chi connectivity index (χ0) is 10.9. The van der Waals surface area contributed by atoms with Crippen molar-refractivity contribution >= 4 is 23.0 Å². The van der Waals surface area contributed by atoms with Crippen LogP contribution in [0.2, 0.25) is 5.15 Å². The van der Waals surface area contributed by atoms with Crippen LogP contribution in [0.25, 0.3) is 0 Å². The van der Waals surface area contributed by atoms with Crippen LogP contribution in [0.1, 0.15) is 0 Å². The molecule has 0 bridgehead atoms. The molecule has 4 nitrogen and oxygen atoms in total. The molecule has 0 unspecified atom stereocenters. The first-order valence-corrected chi connectivity index (χ1v) is 3.64. The van der Waals surface area contributed by atoms with Gasteiger partial charge in [-0.3, -0.25) is 0 Å². The average Bonchev–Trinajstić information content (AvgIpc) is 1.96. The van der Waals surface area contributed by atoms with Gasteiger partial charge in [0.05, 0.1) is 11.4 Å². The molecule has 0 amide bonds. The number of nitrogens with zero attached hydrogens (tertiary/aromatic N) is 1. The molecule has 0 saturated carbocycles.